The highest BCUT2D eigenvalue weighted by atomic mass is 127. The van der Waals surface area contributed by atoms with Gasteiger partial charge in [0, 0.05) is 3.57 Å². The van der Waals surface area contributed by atoms with Gasteiger partial charge in [0.2, 0.25) is 0 Å². The van der Waals surface area contributed by atoms with Crippen LogP contribution >= 0.6 is 22.6 Å². The summed E-state index contributed by atoms with van der Waals surface area (Å²) < 4.78 is 1.39. The second kappa shape index (κ2) is 10.0. The summed E-state index contributed by atoms with van der Waals surface area (Å²) in [6.07, 6.45) is 0. The van der Waals surface area contributed by atoms with Gasteiger partial charge in [-0.15, -0.1) is 0 Å². The monoisotopic (exact) mass is 450 g/mol. The molecule has 1 rings (SSSR count). The van der Waals surface area contributed by atoms with E-state index in [0.29, 0.717) is 0 Å². The van der Waals surface area contributed by atoms with Crippen molar-refractivity contribution in [3.8, 4) is 0 Å². The molecule has 1 aromatic rings. The molecule has 0 saturated heterocycles. The molecule has 1 aromatic carbocycles. The molecule has 0 aliphatic carbocycles. The van der Waals surface area contributed by atoms with E-state index in [1.54, 1.807) is 41.5 Å². The van der Waals surface area contributed by atoms with Gasteiger partial charge in [-0.2, -0.15) is 0 Å². The largest absolute Gasteiger partial charge is 0.481 e. The van der Waals surface area contributed by atoms with Gasteiger partial charge in [0.1, 0.15) is 0 Å². The van der Waals surface area contributed by atoms with Crippen LogP contribution in [0.25, 0.3) is 0 Å². The van der Waals surface area contributed by atoms with Crippen LogP contribution in [0.2, 0.25) is 0 Å². The fourth-order valence-corrected chi connectivity index (χ4v) is 1.47. The Morgan fingerprint density at radius 3 is 1.17 bits per heavy atom. The number of hydrogen-bond donors (Lipinski definition) is 2. The second-order valence-corrected chi connectivity index (χ2v) is 8.90. The molecular formula is C19H31IO4. The number of hydrogen-bond acceptors (Lipinski definition) is 2. The van der Waals surface area contributed by atoms with Gasteiger partial charge in [-0.25, -0.2) is 0 Å². The third kappa shape index (κ3) is 11.4. The van der Waals surface area contributed by atoms with Crippen LogP contribution in [0.5, 0.6) is 0 Å². The number of carbonyl (C=O) groups is 2. The summed E-state index contributed by atoms with van der Waals surface area (Å²) in [5.41, 5.74) is 2.96. The van der Waals surface area contributed by atoms with Crippen LogP contribution in [-0.2, 0) is 9.59 Å². The first-order chi connectivity index (χ1) is 10.5. The zero-order valence-corrected chi connectivity index (χ0v) is 18.4. The predicted molar refractivity (Wildman–Crippen MR) is 108 cm³/mol. The molecule has 0 aromatic heterocycles. The minimum Gasteiger partial charge on any atom is -0.481 e. The lowest BCUT2D eigenvalue weighted by atomic mass is 9.98. The average Bonchev–Trinajstić information content (AvgIpc) is 2.34. The SMILES string of the molecule is CC(C)(C)C(=O)O.CC(C)(C)C(=O)O.Cc1cc(C)c(I)c(C)c1. The molecule has 138 valence electrons. The Balaban J connectivity index is 0. The number of benzene rings is 1. The van der Waals surface area contributed by atoms with Crippen molar-refractivity contribution < 1.29 is 19.8 Å². The zero-order valence-electron chi connectivity index (χ0n) is 16.2. The zero-order chi connectivity index (χ0) is 19.9. The van der Waals surface area contributed by atoms with E-state index in [2.05, 4.69) is 55.5 Å². The van der Waals surface area contributed by atoms with E-state index in [1.807, 2.05) is 0 Å². The molecule has 0 spiro atoms. The molecule has 0 radical (unpaired) electrons. The number of carboxylic acids is 2. The first-order valence-electron chi connectivity index (χ1n) is 7.70. The molecule has 0 amide bonds. The Hall–Kier alpha value is -1.11. The quantitative estimate of drug-likeness (QED) is 0.516. The van der Waals surface area contributed by atoms with Crippen molar-refractivity contribution in [1.29, 1.82) is 0 Å². The van der Waals surface area contributed by atoms with Crippen LogP contribution in [0.15, 0.2) is 12.1 Å². The van der Waals surface area contributed by atoms with E-state index in [4.69, 9.17) is 10.2 Å². The molecule has 0 atom stereocenters. The predicted octanol–water partition coefficient (Wildman–Crippen LogP) is 5.45. The summed E-state index contributed by atoms with van der Waals surface area (Å²) >= 11 is 2.39. The maximum Gasteiger partial charge on any atom is 0.308 e. The average molecular weight is 450 g/mol. The molecular weight excluding hydrogens is 419 g/mol. The van der Waals surface area contributed by atoms with Gasteiger partial charge >= 0.3 is 11.9 Å². The number of halogens is 1. The standard InChI is InChI=1S/C9H11I.2C5H10O2/c1-6-4-7(2)9(10)8(3)5-6;2*1-5(2,3)4(6)7/h4-5H,1-3H3;2*1-3H3,(H,6,7). The molecule has 2 N–H and O–H groups in total. The summed E-state index contributed by atoms with van der Waals surface area (Å²) in [5, 5.41) is 16.5. The van der Waals surface area contributed by atoms with Crippen molar-refractivity contribution in [3.05, 3.63) is 32.4 Å². The van der Waals surface area contributed by atoms with Crippen molar-refractivity contribution in [3.63, 3.8) is 0 Å². The van der Waals surface area contributed by atoms with Crippen LogP contribution in [0, 0.1) is 35.2 Å². The van der Waals surface area contributed by atoms with Crippen molar-refractivity contribution >= 4 is 34.5 Å². The van der Waals surface area contributed by atoms with Crippen molar-refractivity contribution in [2.75, 3.05) is 0 Å². The molecule has 5 heteroatoms. The number of aliphatic carboxylic acids is 2. The highest BCUT2D eigenvalue weighted by molar-refractivity contribution is 14.1. The van der Waals surface area contributed by atoms with Crippen molar-refractivity contribution in [1.82, 2.24) is 0 Å². The van der Waals surface area contributed by atoms with Crippen LogP contribution in [0.1, 0.15) is 58.2 Å². The molecule has 24 heavy (non-hydrogen) atoms. The van der Waals surface area contributed by atoms with E-state index >= 15 is 0 Å². The summed E-state index contributed by atoms with van der Waals surface area (Å²) in [6, 6.07) is 4.43. The van der Waals surface area contributed by atoms with Gasteiger partial charge in [0.25, 0.3) is 0 Å². The molecule has 0 saturated carbocycles. The molecule has 0 heterocycles. The number of rotatable bonds is 0. The third-order valence-electron chi connectivity index (χ3n) is 2.86. The number of carboxylic acid groups (broad SMARTS) is 2. The van der Waals surface area contributed by atoms with Crippen LogP contribution in [0.3, 0.4) is 0 Å². The highest BCUT2D eigenvalue weighted by Crippen LogP contribution is 2.17. The second-order valence-electron chi connectivity index (χ2n) is 7.82. The van der Waals surface area contributed by atoms with E-state index in [0.717, 1.165) is 0 Å². The van der Waals surface area contributed by atoms with Gasteiger partial charge < -0.3 is 10.2 Å². The summed E-state index contributed by atoms with van der Waals surface area (Å²) in [5.74, 6) is -1.51. The van der Waals surface area contributed by atoms with E-state index in [9.17, 15) is 9.59 Å². The summed E-state index contributed by atoms with van der Waals surface area (Å²) in [7, 11) is 0. The van der Waals surface area contributed by atoms with Gasteiger partial charge in [-0.3, -0.25) is 9.59 Å². The smallest absolute Gasteiger partial charge is 0.308 e. The minimum atomic E-state index is -0.757. The maximum absolute atomic E-state index is 10.0. The van der Waals surface area contributed by atoms with E-state index < -0.39 is 22.8 Å². The first-order valence-corrected chi connectivity index (χ1v) is 8.78. The van der Waals surface area contributed by atoms with Gasteiger partial charge in [0.05, 0.1) is 10.8 Å². The van der Waals surface area contributed by atoms with Crippen LogP contribution < -0.4 is 0 Å². The fraction of sp³-hybridized carbons (Fsp3) is 0.579. The first kappa shape index (κ1) is 25.1. The minimum absolute atomic E-state index is 0.583. The third-order valence-corrected chi connectivity index (χ3v) is 4.57. The normalized spacial score (nSPS) is 10.8. The molecule has 0 aliphatic rings. The van der Waals surface area contributed by atoms with Gasteiger partial charge in [0.15, 0.2) is 0 Å². The molecule has 0 bridgehead atoms. The van der Waals surface area contributed by atoms with E-state index in [1.165, 1.54) is 20.3 Å². The Morgan fingerprint density at radius 2 is 1.00 bits per heavy atom. The summed E-state index contributed by atoms with van der Waals surface area (Å²) in [6.45, 7) is 16.4. The lowest BCUT2D eigenvalue weighted by molar-refractivity contribution is -0.146. The Labute approximate surface area is 159 Å². The van der Waals surface area contributed by atoms with Crippen molar-refractivity contribution in [2.24, 2.45) is 10.8 Å². The highest BCUT2D eigenvalue weighted by Gasteiger charge is 2.19. The lowest BCUT2D eigenvalue weighted by Gasteiger charge is -2.08. The Kier molecular flexibility index (Phi) is 10.5. The maximum atomic E-state index is 10.0. The Morgan fingerprint density at radius 1 is 0.792 bits per heavy atom. The molecule has 0 fully saturated rings. The lowest BCUT2D eigenvalue weighted by Crippen LogP contribution is -2.18. The molecule has 0 unspecified atom stereocenters. The van der Waals surface area contributed by atoms with Gasteiger partial charge in [-0.1, -0.05) is 17.7 Å². The fourth-order valence-electron chi connectivity index (χ4n) is 1.16. The van der Waals surface area contributed by atoms with Gasteiger partial charge in [-0.05, 0) is 96.0 Å². The van der Waals surface area contributed by atoms with E-state index in [-0.39, 0.29) is 0 Å². The topological polar surface area (TPSA) is 74.6 Å². The van der Waals surface area contributed by atoms with Crippen molar-refractivity contribution in [2.45, 2.75) is 62.3 Å². The summed E-state index contributed by atoms with van der Waals surface area (Å²) in [4.78, 5) is 20.0. The van der Waals surface area contributed by atoms with Crippen LogP contribution in [-0.4, -0.2) is 22.2 Å². The molecule has 0 aliphatic heterocycles. The molecule has 4 nitrogen and oxygen atoms in total. The van der Waals surface area contributed by atoms with Crippen LogP contribution in [0.4, 0.5) is 0 Å². The Bertz CT molecular complexity index is 517. The number of aryl methyl sites for hydroxylation is 3.